The molecule has 0 saturated carbocycles. The van der Waals surface area contributed by atoms with Gasteiger partial charge in [-0.15, -0.1) is 0 Å². The van der Waals surface area contributed by atoms with Crippen LogP contribution in [0.3, 0.4) is 0 Å². The van der Waals surface area contributed by atoms with Gasteiger partial charge in [-0.25, -0.2) is 9.18 Å². The molecule has 2 aromatic rings. The van der Waals surface area contributed by atoms with E-state index >= 15 is 0 Å². The van der Waals surface area contributed by atoms with Crippen molar-refractivity contribution in [2.24, 2.45) is 0 Å². The monoisotopic (exact) mass is 512 g/mol. The lowest BCUT2D eigenvalue weighted by atomic mass is 9.94. The summed E-state index contributed by atoms with van der Waals surface area (Å²) < 4.78 is 29.4. The van der Waals surface area contributed by atoms with E-state index in [4.69, 9.17) is 14.2 Å². The van der Waals surface area contributed by atoms with Gasteiger partial charge in [-0.2, -0.15) is 0 Å². The fourth-order valence-electron chi connectivity index (χ4n) is 4.64. The van der Waals surface area contributed by atoms with Gasteiger partial charge >= 0.3 is 5.97 Å². The predicted octanol–water partition coefficient (Wildman–Crippen LogP) is 2.76. The Balaban J connectivity index is 1.70. The van der Waals surface area contributed by atoms with E-state index in [1.165, 1.54) is 43.4 Å². The quantitative estimate of drug-likeness (QED) is 0.249. The van der Waals surface area contributed by atoms with Crippen LogP contribution in [0, 0.1) is 5.82 Å². The molecule has 4 rings (SSSR count). The van der Waals surface area contributed by atoms with Crippen LogP contribution in [-0.2, 0) is 19.1 Å². The molecule has 2 aliphatic heterocycles. The number of rotatable bonds is 8. The Morgan fingerprint density at radius 2 is 1.73 bits per heavy atom. The van der Waals surface area contributed by atoms with E-state index in [0.717, 1.165) is 19.2 Å². The van der Waals surface area contributed by atoms with E-state index in [9.17, 15) is 23.9 Å². The molecule has 2 heterocycles. The Morgan fingerprint density at radius 3 is 2.35 bits per heavy atom. The van der Waals surface area contributed by atoms with Crippen molar-refractivity contribution in [3.05, 3.63) is 70.5 Å². The number of hydrogen-bond acceptors (Lipinski definition) is 8. The zero-order chi connectivity index (χ0) is 26.5. The Morgan fingerprint density at radius 1 is 1.05 bits per heavy atom. The highest BCUT2D eigenvalue weighted by molar-refractivity contribution is 6.46. The third kappa shape index (κ3) is 5.50. The number of benzene rings is 2. The van der Waals surface area contributed by atoms with Crippen LogP contribution in [0.5, 0.6) is 5.75 Å². The first-order chi connectivity index (χ1) is 17.8. The van der Waals surface area contributed by atoms with Crippen LogP contribution in [0.15, 0.2) is 48.0 Å². The fourth-order valence-corrected chi connectivity index (χ4v) is 4.64. The second kappa shape index (κ2) is 11.5. The highest BCUT2D eigenvalue weighted by atomic mass is 19.1. The van der Waals surface area contributed by atoms with Crippen molar-refractivity contribution in [3.8, 4) is 5.75 Å². The van der Waals surface area contributed by atoms with E-state index in [1.54, 1.807) is 12.1 Å². The van der Waals surface area contributed by atoms with Crippen molar-refractivity contribution in [2.75, 3.05) is 53.6 Å². The average Bonchev–Trinajstić information content (AvgIpc) is 3.18. The van der Waals surface area contributed by atoms with Crippen LogP contribution in [0.1, 0.15) is 33.9 Å². The normalized spacial score (nSPS) is 19.8. The first kappa shape index (κ1) is 26.3. The number of amides is 1. The van der Waals surface area contributed by atoms with E-state index in [2.05, 4.69) is 4.90 Å². The lowest BCUT2D eigenvalue weighted by Crippen LogP contribution is -2.39. The third-order valence-electron chi connectivity index (χ3n) is 6.59. The molecule has 0 bridgehead atoms. The molecule has 0 spiro atoms. The first-order valence-corrected chi connectivity index (χ1v) is 12.0. The molecule has 10 heteroatoms. The van der Waals surface area contributed by atoms with Crippen LogP contribution in [0.4, 0.5) is 4.39 Å². The number of ether oxygens (including phenoxy) is 3. The molecular weight excluding hydrogens is 483 g/mol. The van der Waals surface area contributed by atoms with Gasteiger partial charge in [0.2, 0.25) is 0 Å². The molecule has 2 fully saturated rings. The number of esters is 1. The number of aliphatic hydroxyl groups excluding tert-OH is 1. The van der Waals surface area contributed by atoms with Gasteiger partial charge in [-0.3, -0.25) is 14.5 Å². The maximum Gasteiger partial charge on any atom is 0.337 e. The van der Waals surface area contributed by atoms with E-state index < -0.39 is 35.3 Å². The van der Waals surface area contributed by atoms with Crippen LogP contribution in [0.2, 0.25) is 0 Å². The zero-order valence-electron chi connectivity index (χ0n) is 20.7. The maximum atomic E-state index is 14.4. The zero-order valence-corrected chi connectivity index (χ0v) is 20.7. The number of aliphatic hydroxyl groups is 1. The number of hydrogen-bond donors (Lipinski definition) is 1. The number of Topliss-reactive ketones (excluding diaryl/α,β-unsaturated/α-hetero) is 1. The summed E-state index contributed by atoms with van der Waals surface area (Å²) in [6, 6.07) is 9.17. The summed E-state index contributed by atoms with van der Waals surface area (Å²) in [6.07, 6.45) is 0.598. The average molecular weight is 513 g/mol. The highest BCUT2D eigenvalue weighted by Gasteiger charge is 2.46. The summed E-state index contributed by atoms with van der Waals surface area (Å²) in [6.45, 7) is 3.86. The molecular formula is C27H29FN2O7. The molecule has 1 N–H and O–H groups in total. The number of carbonyl (C=O) groups excluding carboxylic acids is 3. The number of methoxy groups -OCH3 is 2. The minimum absolute atomic E-state index is 0.0185. The van der Waals surface area contributed by atoms with Crippen molar-refractivity contribution in [1.82, 2.24) is 9.80 Å². The number of morpholine rings is 1. The van der Waals surface area contributed by atoms with Crippen molar-refractivity contribution in [3.63, 3.8) is 0 Å². The molecule has 2 aliphatic rings. The molecule has 1 amide bonds. The molecule has 0 aliphatic carbocycles. The van der Waals surface area contributed by atoms with Gasteiger partial charge in [-0.1, -0.05) is 12.1 Å². The standard InChI is InChI=1S/C27H29FN2O7/c1-35-21-9-8-19(16-20(21)28)24(31)22-23(17-4-6-18(7-5-17)27(34)36-2)30(26(33)25(22)32)11-3-10-29-12-14-37-15-13-29/h4-9,16,23,31H,3,10-15H2,1-2H3/t23-/m1/s1. The summed E-state index contributed by atoms with van der Waals surface area (Å²) in [5.41, 5.74) is 0.717. The van der Waals surface area contributed by atoms with E-state index in [-0.39, 0.29) is 23.4 Å². The molecule has 0 radical (unpaired) electrons. The lowest BCUT2D eigenvalue weighted by Gasteiger charge is -2.29. The molecule has 9 nitrogen and oxygen atoms in total. The molecule has 1 atom stereocenters. The van der Waals surface area contributed by atoms with Gasteiger partial charge in [0.25, 0.3) is 11.7 Å². The minimum Gasteiger partial charge on any atom is -0.507 e. The van der Waals surface area contributed by atoms with Crippen LogP contribution >= 0.6 is 0 Å². The number of likely N-dealkylation sites (tertiary alicyclic amines) is 1. The van der Waals surface area contributed by atoms with Crippen molar-refractivity contribution >= 4 is 23.4 Å². The molecule has 0 aromatic heterocycles. The Bertz CT molecular complexity index is 1210. The summed E-state index contributed by atoms with van der Waals surface area (Å²) >= 11 is 0. The highest BCUT2D eigenvalue weighted by Crippen LogP contribution is 2.40. The summed E-state index contributed by atoms with van der Waals surface area (Å²) in [7, 11) is 2.59. The second-order valence-electron chi connectivity index (χ2n) is 8.76. The lowest BCUT2D eigenvalue weighted by molar-refractivity contribution is -0.140. The van der Waals surface area contributed by atoms with Gasteiger partial charge in [0, 0.05) is 31.7 Å². The van der Waals surface area contributed by atoms with Gasteiger partial charge < -0.3 is 24.2 Å². The van der Waals surface area contributed by atoms with Gasteiger partial charge in [0.05, 0.1) is 44.6 Å². The maximum absolute atomic E-state index is 14.4. The van der Waals surface area contributed by atoms with Crippen molar-refractivity contribution in [2.45, 2.75) is 12.5 Å². The number of ketones is 1. The molecule has 37 heavy (non-hydrogen) atoms. The number of halogens is 1. The topological polar surface area (TPSA) is 106 Å². The van der Waals surface area contributed by atoms with Crippen LogP contribution in [0.25, 0.3) is 5.76 Å². The number of nitrogens with zero attached hydrogens (tertiary/aromatic N) is 2. The first-order valence-electron chi connectivity index (χ1n) is 12.0. The molecule has 0 unspecified atom stereocenters. The number of carbonyl (C=O) groups is 3. The van der Waals surface area contributed by atoms with Crippen molar-refractivity contribution in [1.29, 1.82) is 0 Å². The van der Waals surface area contributed by atoms with E-state index in [1.807, 2.05) is 0 Å². The van der Waals surface area contributed by atoms with Gasteiger partial charge in [0.1, 0.15) is 5.76 Å². The van der Waals surface area contributed by atoms with Crippen molar-refractivity contribution < 1.29 is 38.1 Å². The predicted molar refractivity (Wildman–Crippen MR) is 132 cm³/mol. The van der Waals surface area contributed by atoms with Gasteiger partial charge in [-0.05, 0) is 42.3 Å². The largest absolute Gasteiger partial charge is 0.507 e. The minimum atomic E-state index is -0.915. The molecule has 2 aromatic carbocycles. The molecule has 196 valence electrons. The summed E-state index contributed by atoms with van der Waals surface area (Å²) in [5, 5.41) is 11.1. The van der Waals surface area contributed by atoms with Crippen LogP contribution in [-0.4, -0.2) is 86.2 Å². The fraction of sp³-hybridized carbons (Fsp3) is 0.370. The smallest absolute Gasteiger partial charge is 0.337 e. The molecule has 2 saturated heterocycles. The summed E-state index contributed by atoms with van der Waals surface area (Å²) in [5.74, 6) is -3.36. The van der Waals surface area contributed by atoms with Gasteiger partial charge in [0.15, 0.2) is 11.6 Å². The second-order valence-corrected chi connectivity index (χ2v) is 8.76. The Kier molecular flexibility index (Phi) is 8.20. The third-order valence-corrected chi connectivity index (χ3v) is 6.59. The van der Waals surface area contributed by atoms with E-state index in [0.29, 0.717) is 37.3 Å². The Hall–Kier alpha value is -3.76. The summed E-state index contributed by atoms with van der Waals surface area (Å²) in [4.78, 5) is 41.9. The Labute approximate surface area is 214 Å². The SMILES string of the molecule is COC(=O)c1ccc([C@@H]2C(=C(O)c3ccc(OC)c(F)c3)C(=O)C(=O)N2CCCN2CCOCC2)cc1. The van der Waals surface area contributed by atoms with Crippen LogP contribution < -0.4 is 4.74 Å².